The van der Waals surface area contributed by atoms with Crippen molar-refractivity contribution in [1.29, 1.82) is 0 Å². The third-order valence-corrected chi connectivity index (χ3v) is 3.60. The first-order valence-electron chi connectivity index (χ1n) is 7.24. The van der Waals surface area contributed by atoms with Crippen LogP contribution in [0.5, 0.6) is 0 Å². The Morgan fingerprint density at radius 3 is 2.41 bits per heavy atom. The van der Waals surface area contributed by atoms with Gasteiger partial charge in [-0.15, -0.1) is 0 Å². The van der Waals surface area contributed by atoms with E-state index >= 15 is 0 Å². The lowest BCUT2D eigenvalue weighted by atomic mass is 10.0. The van der Waals surface area contributed by atoms with Crippen LogP contribution in [-0.2, 0) is 0 Å². The standard InChI is InChI=1S/C19H16FNO/c20-17-7-9-18(10-8-17)21-12-11-19(22)16-6-5-14-3-1-2-4-15(14)13-16/h1-10,13,21H,11-12H2. The number of rotatable bonds is 5. The Morgan fingerprint density at radius 1 is 0.909 bits per heavy atom. The van der Waals surface area contributed by atoms with Crippen LogP contribution in [0.25, 0.3) is 10.8 Å². The minimum Gasteiger partial charge on any atom is -0.385 e. The minimum atomic E-state index is -0.266. The Bertz CT molecular complexity index is 796. The predicted octanol–water partition coefficient (Wildman–Crippen LogP) is 4.66. The Kier molecular flexibility index (Phi) is 4.15. The molecule has 3 heteroatoms. The number of fused-ring (bicyclic) bond motifs is 1. The van der Waals surface area contributed by atoms with Gasteiger partial charge in [0.2, 0.25) is 0 Å². The second kappa shape index (κ2) is 6.39. The third kappa shape index (κ3) is 3.31. The molecule has 1 N–H and O–H groups in total. The molecule has 2 nitrogen and oxygen atoms in total. The highest BCUT2D eigenvalue weighted by atomic mass is 19.1. The highest BCUT2D eigenvalue weighted by Gasteiger charge is 2.06. The Labute approximate surface area is 128 Å². The number of benzene rings is 3. The highest BCUT2D eigenvalue weighted by Crippen LogP contribution is 2.17. The van der Waals surface area contributed by atoms with Crippen molar-refractivity contribution in [2.75, 3.05) is 11.9 Å². The molecule has 3 rings (SSSR count). The van der Waals surface area contributed by atoms with Gasteiger partial charge in [0.25, 0.3) is 0 Å². The summed E-state index contributed by atoms with van der Waals surface area (Å²) in [5.74, 6) is -0.168. The Hall–Kier alpha value is -2.68. The van der Waals surface area contributed by atoms with Gasteiger partial charge in [0.15, 0.2) is 5.78 Å². The molecule has 0 aromatic heterocycles. The second-order valence-corrected chi connectivity index (χ2v) is 5.17. The summed E-state index contributed by atoms with van der Waals surface area (Å²) in [5.41, 5.74) is 1.53. The zero-order valence-electron chi connectivity index (χ0n) is 12.1. The predicted molar refractivity (Wildman–Crippen MR) is 87.8 cm³/mol. The molecule has 0 radical (unpaired) electrons. The first kappa shape index (κ1) is 14.3. The van der Waals surface area contributed by atoms with Crippen LogP contribution in [0.4, 0.5) is 10.1 Å². The van der Waals surface area contributed by atoms with Crippen molar-refractivity contribution in [2.45, 2.75) is 6.42 Å². The Morgan fingerprint density at radius 2 is 1.64 bits per heavy atom. The number of hydrogen-bond acceptors (Lipinski definition) is 2. The molecule has 3 aromatic carbocycles. The lowest BCUT2D eigenvalue weighted by Gasteiger charge is -2.06. The molecule has 3 aromatic rings. The van der Waals surface area contributed by atoms with Gasteiger partial charge >= 0.3 is 0 Å². The summed E-state index contributed by atoms with van der Waals surface area (Å²) in [5, 5.41) is 5.32. The van der Waals surface area contributed by atoms with Crippen molar-refractivity contribution >= 4 is 22.2 Å². The number of Topliss-reactive ketones (excluding diaryl/α,β-unsaturated/α-hetero) is 1. The molecular formula is C19H16FNO. The topological polar surface area (TPSA) is 29.1 Å². The maximum absolute atomic E-state index is 12.8. The largest absolute Gasteiger partial charge is 0.385 e. The summed E-state index contributed by atoms with van der Waals surface area (Å²) in [6, 6.07) is 19.9. The van der Waals surface area contributed by atoms with Crippen LogP contribution in [0.15, 0.2) is 66.7 Å². The second-order valence-electron chi connectivity index (χ2n) is 5.17. The monoisotopic (exact) mass is 293 g/mol. The van der Waals surface area contributed by atoms with E-state index in [4.69, 9.17) is 0 Å². The number of hydrogen-bond donors (Lipinski definition) is 1. The van der Waals surface area contributed by atoms with E-state index in [0.717, 1.165) is 22.0 Å². The van der Waals surface area contributed by atoms with Crippen molar-refractivity contribution in [3.8, 4) is 0 Å². The van der Waals surface area contributed by atoms with Gasteiger partial charge in [0.1, 0.15) is 5.82 Å². The zero-order chi connectivity index (χ0) is 15.4. The number of carbonyl (C=O) groups is 1. The minimum absolute atomic E-state index is 0.0976. The van der Waals surface area contributed by atoms with Crippen molar-refractivity contribution < 1.29 is 9.18 Å². The molecular weight excluding hydrogens is 277 g/mol. The Balaban J connectivity index is 1.62. The molecule has 0 saturated carbocycles. The number of anilines is 1. The van der Waals surface area contributed by atoms with Gasteiger partial charge < -0.3 is 5.32 Å². The van der Waals surface area contributed by atoms with Crippen LogP contribution in [-0.4, -0.2) is 12.3 Å². The van der Waals surface area contributed by atoms with Crippen molar-refractivity contribution in [1.82, 2.24) is 0 Å². The molecule has 0 aliphatic rings. The fourth-order valence-corrected chi connectivity index (χ4v) is 2.40. The van der Waals surface area contributed by atoms with Crippen LogP contribution in [0, 0.1) is 5.82 Å². The third-order valence-electron chi connectivity index (χ3n) is 3.60. The van der Waals surface area contributed by atoms with Gasteiger partial charge in [0.05, 0.1) is 0 Å². The summed E-state index contributed by atoms with van der Waals surface area (Å²) in [6.07, 6.45) is 0.399. The maximum Gasteiger partial charge on any atom is 0.164 e. The molecule has 0 aliphatic heterocycles. The van der Waals surface area contributed by atoms with E-state index in [-0.39, 0.29) is 11.6 Å². The normalized spacial score (nSPS) is 10.6. The quantitative estimate of drug-likeness (QED) is 0.693. The van der Waals surface area contributed by atoms with E-state index in [1.54, 1.807) is 12.1 Å². The van der Waals surface area contributed by atoms with E-state index in [1.165, 1.54) is 12.1 Å². The highest BCUT2D eigenvalue weighted by molar-refractivity contribution is 6.00. The van der Waals surface area contributed by atoms with Gasteiger partial charge in [-0.2, -0.15) is 0 Å². The van der Waals surface area contributed by atoms with Crippen LogP contribution in [0.3, 0.4) is 0 Å². The summed E-state index contributed by atoms with van der Waals surface area (Å²) < 4.78 is 12.8. The van der Waals surface area contributed by atoms with Crippen LogP contribution in [0.1, 0.15) is 16.8 Å². The van der Waals surface area contributed by atoms with Crippen LogP contribution >= 0.6 is 0 Å². The molecule has 0 saturated heterocycles. The van der Waals surface area contributed by atoms with Gasteiger partial charge in [-0.05, 0) is 41.1 Å². The zero-order valence-corrected chi connectivity index (χ0v) is 12.1. The molecule has 110 valence electrons. The molecule has 0 unspecified atom stereocenters. The summed E-state index contributed by atoms with van der Waals surface area (Å²) in [4.78, 5) is 12.2. The average molecular weight is 293 g/mol. The molecule has 0 atom stereocenters. The molecule has 0 spiro atoms. The van der Waals surface area contributed by atoms with Crippen molar-refractivity contribution in [3.63, 3.8) is 0 Å². The number of halogens is 1. The van der Waals surface area contributed by atoms with Gasteiger partial charge in [-0.25, -0.2) is 4.39 Å². The lowest BCUT2D eigenvalue weighted by Crippen LogP contribution is -2.08. The smallest absolute Gasteiger partial charge is 0.164 e. The van der Waals surface area contributed by atoms with Crippen LogP contribution < -0.4 is 5.32 Å². The molecule has 22 heavy (non-hydrogen) atoms. The SMILES string of the molecule is O=C(CCNc1ccc(F)cc1)c1ccc2ccccc2c1. The number of ketones is 1. The van der Waals surface area contributed by atoms with Gasteiger partial charge in [-0.3, -0.25) is 4.79 Å². The fraction of sp³-hybridized carbons (Fsp3) is 0.105. The fourth-order valence-electron chi connectivity index (χ4n) is 2.40. The molecule has 0 aliphatic carbocycles. The van der Waals surface area contributed by atoms with Crippen molar-refractivity contribution in [3.05, 3.63) is 78.1 Å². The first-order chi connectivity index (χ1) is 10.7. The summed E-state index contributed by atoms with van der Waals surface area (Å²) in [7, 11) is 0. The molecule has 0 bridgehead atoms. The maximum atomic E-state index is 12.8. The van der Waals surface area contributed by atoms with E-state index in [9.17, 15) is 9.18 Å². The molecule has 0 amide bonds. The van der Waals surface area contributed by atoms with E-state index in [0.29, 0.717) is 13.0 Å². The lowest BCUT2D eigenvalue weighted by molar-refractivity contribution is 0.0986. The van der Waals surface area contributed by atoms with E-state index in [2.05, 4.69) is 5.32 Å². The van der Waals surface area contributed by atoms with Crippen LogP contribution in [0.2, 0.25) is 0 Å². The van der Waals surface area contributed by atoms with Gasteiger partial charge in [-0.1, -0.05) is 36.4 Å². The van der Waals surface area contributed by atoms with Crippen molar-refractivity contribution in [2.24, 2.45) is 0 Å². The first-order valence-corrected chi connectivity index (χ1v) is 7.24. The van der Waals surface area contributed by atoms with E-state index in [1.807, 2.05) is 42.5 Å². The van der Waals surface area contributed by atoms with Gasteiger partial charge in [0, 0.05) is 24.2 Å². The average Bonchev–Trinajstić information content (AvgIpc) is 2.56. The van der Waals surface area contributed by atoms with E-state index < -0.39 is 0 Å². The molecule has 0 fully saturated rings. The molecule has 0 heterocycles. The number of nitrogens with one attached hydrogen (secondary N) is 1. The number of carbonyl (C=O) groups excluding carboxylic acids is 1. The summed E-state index contributed by atoms with van der Waals surface area (Å²) >= 11 is 0. The summed E-state index contributed by atoms with van der Waals surface area (Å²) in [6.45, 7) is 0.525.